The van der Waals surface area contributed by atoms with Crippen molar-refractivity contribution >= 4 is 20.3 Å². The zero-order chi connectivity index (χ0) is 18.2. The van der Waals surface area contributed by atoms with Gasteiger partial charge in [0.2, 0.25) is 0 Å². The van der Waals surface area contributed by atoms with E-state index >= 15 is 0 Å². The third-order valence-electron chi connectivity index (χ3n) is 3.41. The Morgan fingerprint density at radius 1 is 1.04 bits per heavy atom. The zero-order valence-corrected chi connectivity index (χ0v) is 15.9. The molecule has 0 aliphatic carbocycles. The molecule has 0 radical (unpaired) electrons. The Kier molecular flexibility index (Phi) is 7.87. The molecule has 0 saturated carbocycles. The van der Waals surface area contributed by atoms with Crippen molar-refractivity contribution in [1.82, 2.24) is 0 Å². The minimum Gasteiger partial charge on any atom is -0.468 e. The lowest BCUT2D eigenvalue weighted by atomic mass is 9.85. The molecule has 0 N–H and O–H groups in total. The predicted octanol–water partition coefficient (Wildman–Crippen LogP) is 3.14. The summed E-state index contributed by atoms with van der Waals surface area (Å²) in [6.45, 7) is 6.73. The minimum atomic E-state index is -1.63. The van der Waals surface area contributed by atoms with Crippen LogP contribution in [0, 0.1) is 5.92 Å². The van der Waals surface area contributed by atoms with Gasteiger partial charge in [-0.15, -0.1) is 0 Å². The number of ether oxygens (including phenoxy) is 2. The molecule has 1 unspecified atom stereocenters. The quantitative estimate of drug-likeness (QED) is 0.312. The van der Waals surface area contributed by atoms with Crippen molar-refractivity contribution in [1.29, 1.82) is 0 Å². The lowest BCUT2D eigenvalue weighted by Gasteiger charge is -2.21. The van der Waals surface area contributed by atoms with Gasteiger partial charge in [0.25, 0.3) is 0 Å². The SMILES string of the molecule is COC(=O)C(C(=O)OC)C(/C=C/CO[Si](C)(C)C)c1ccccc1. The first-order valence-corrected chi connectivity index (χ1v) is 11.2. The molecule has 0 fully saturated rings. The molecule has 0 saturated heterocycles. The molecule has 1 aromatic carbocycles. The number of carbonyl (C=O) groups is 2. The van der Waals surface area contributed by atoms with E-state index in [1.165, 1.54) is 14.2 Å². The Bertz CT molecular complexity index is 547. The summed E-state index contributed by atoms with van der Waals surface area (Å²) < 4.78 is 15.4. The van der Waals surface area contributed by atoms with Crippen molar-refractivity contribution in [2.75, 3.05) is 20.8 Å². The van der Waals surface area contributed by atoms with Crippen molar-refractivity contribution in [3.8, 4) is 0 Å². The first-order chi connectivity index (χ1) is 11.3. The van der Waals surface area contributed by atoms with Crippen LogP contribution in [0.1, 0.15) is 11.5 Å². The molecule has 24 heavy (non-hydrogen) atoms. The first kappa shape index (κ1) is 20.1. The van der Waals surface area contributed by atoms with Crippen LogP contribution in [0.25, 0.3) is 0 Å². The standard InChI is InChI=1S/C18H26O5Si/c1-21-17(19)16(18(20)22-2)15(14-10-7-6-8-11-14)12-9-13-23-24(3,4)5/h6-12,15-16H,13H2,1-5H3/b12-9+. The maximum atomic E-state index is 12.1. The van der Waals surface area contributed by atoms with E-state index in [9.17, 15) is 9.59 Å². The highest BCUT2D eigenvalue weighted by Crippen LogP contribution is 2.28. The molecular formula is C18H26O5Si. The topological polar surface area (TPSA) is 61.8 Å². The van der Waals surface area contributed by atoms with Gasteiger partial charge in [-0.05, 0) is 25.2 Å². The van der Waals surface area contributed by atoms with Crippen molar-refractivity contribution in [2.24, 2.45) is 5.92 Å². The number of allylic oxidation sites excluding steroid dienone is 1. The Balaban J connectivity index is 3.10. The van der Waals surface area contributed by atoms with E-state index in [2.05, 4.69) is 19.6 Å². The van der Waals surface area contributed by atoms with Crippen LogP contribution in [0.3, 0.4) is 0 Å². The summed E-state index contributed by atoms with van der Waals surface area (Å²) >= 11 is 0. The second-order valence-electron chi connectivity index (χ2n) is 6.31. The maximum Gasteiger partial charge on any atom is 0.321 e. The first-order valence-electron chi connectivity index (χ1n) is 7.81. The highest BCUT2D eigenvalue weighted by atomic mass is 28.4. The number of methoxy groups -OCH3 is 2. The summed E-state index contributed by atoms with van der Waals surface area (Å²) in [4.78, 5) is 24.3. The molecule has 5 nitrogen and oxygen atoms in total. The monoisotopic (exact) mass is 350 g/mol. The van der Waals surface area contributed by atoms with Gasteiger partial charge in [-0.3, -0.25) is 9.59 Å². The molecule has 0 bridgehead atoms. The Morgan fingerprint density at radius 3 is 2.04 bits per heavy atom. The zero-order valence-electron chi connectivity index (χ0n) is 14.9. The highest BCUT2D eigenvalue weighted by Gasteiger charge is 2.36. The predicted molar refractivity (Wildman–Crippen MR) is 95.1 cm³/mol. The van der Waals surface area contributed by atoms with E-state index in [4.69, 9.17) is 13.9 Å². The third kappa shape index (κ3) is 6.29. The Hall–Kier alpha value is -1.92. The molecule has 132 valence electrons. The second kappa shape index (κ2) is 9.39. The van der Waals surface area contributed by atoms with Gasteiger partial charge in [-0.1, -0.05) is 42.5 Å². The fraction of sp³-hybridized carbons (Fsp3) is 0.444. The fourth-order valence-electron chi connectivity index (χ4n) is 2.23. The van der Waals surface area contributed by atoms with Crippen LogP contribution in [0.4, 0.5) is 0 Å². The molecule has 0 aromatic heterocycles. The van der Waals surface area contributed by atoms with E-state index in [1.807, 2.05) is 42.5 Å². The van der Waals surface area contributed by atoms with E-state index in [0.717, 1.165) is 5.56 Å². The number of rotatable bonds is 8. The summed E-state index contributed by atoms with van der Waals surface area (Å²) in [5, 5.41) is 0. The van der Waals surface area contributed by atoms with Crippen LogP contribution in [-0.2, 0) is 23.5 Å². The lowest BCUT2D eigenvalue weighted by molar-refractivity contribution is -0.159. The van der Waals surface area contributed by atoms with Crippen molar-refractivity contribution in [3.05, 3.63) is 48.0 Å². The van der Waals surface area contributed by atoms with Crippen LogP contribution >= 0.6 is 0 Å². The second-order valence-corrected chi connectivity index (χ2v) is 10.8. The van der Waals surface area contributed by atoms with Crippen molar-refractivity contribution < 1.29 is 23.5 Å². The number of hydrogen-bond donors (Lipinski definition) is 0. The molecule has 0 heterocycles. The van der Waals surface area contributed by atoms with Gasteiger partial charge in [0.15, 0.2) is 14.2 Å². The van der Waals surface area contributed by atoms with Crippen LogP contribution in [0.15, 0.2) is 42.5 Å². The molecule has 1 atom stereocenters. The largest absolute Gasteiger partial charge is 0.468 e. The molecule has 6 heteroatoms. The van der Waals surface area contributed by atoms with Crippen molar-refractivity contribution in [2.45, 2.75) is 25.6 Å². The van der Waals surface area contributed by atoms with Crippen molar-refractivity contribution in [3.63, 3.8) is 0 Å². The average Bonchev–Trinajstić information content (AvgIpc) is 2.56. The number of hydrogen-bond acceptors (Lipinski definition) is 5. The molecule has 0 aliphatic rings. The van der Waals surface area contributed by atoms with E-state index in [1.54, 1.807) is 0 Å². The van der Waals surface area contributed by atoms with Gasteiger partial charge in [0, 0.05) is 5.92 Å². The van der Waals surface area contributed by atoms with Gasteiger partial charge in [-0.2, -0.15) is 0 Å². The smallest absolute Gasteiger partial charge is 0.321 e. The summed E-state index contributed by atoms with van der Waals surface area (Å²) in [6.07, 6.45) is 3.66. The third-order valence-corrected chi connectivity index (χ3v) is 4.44. The minimum absolute atomic E-state index is 0.439. The number of benzene rings is 1. The molecule has 0 amide bonds. The normalized spacial score (nSPS) is 13.1. The number of esters is 2. The van der Waals surface area contributed by atoms with Gasteiger partial charge < -0.3 is 13.9 Å². The fourth-order valence-corrected chi connectivity index (χ4v) is 2.83. The Morgan fingerprint density at radius 2 is 1.58 bits per heavy atom. The van der Waals surface area contributed by atoms with E-state index in [-0.39, 0.29) is 0 Å². The number of carbonyl (C=O) groups excluding carboxylic acids is 2. The molecule has 0 spiro atoms. The van der Waals surface area contributed by atoms with Gasteiger partial charge in [0.05, 0.1) is 20.8 Å². The average molecular weight is 350 g/mol. The lowest BCUT2D eigenvalue weighted by Crippen LogP contribution is -2.31. The molecule has 0 aliphatic heterocycles. The van der Waals surface area contributed by atoms with Crippen LogP contribution in [0.5, 0.6) is 0 Å². The summed E-state index contributed by atoms with van der Waals surface area (Å²) in [6, 6.07) is 9.34. The van der Waals surface area contributed by atoms with E-state index < -0.39 is 32.1 Å². The molecular weight excluding hydrogens is 324 g/mol. The summed E-state index contributed by atoms with van der Waals surface area (Å²) in [5.41, 5.74) is 0.836. The van der Waals surface area contributed by atoms with Gasteiger partial charge >= 0.3 is 11.9 Å². The van der Waals surface area contributed by atoms with Gasteiger partial charge in [0.1, 0.15) is 0 Å². The van der Waals surface area contributed by atoms with Crippen LogP contribution < -0.4 is 0 Å². The van der Waals surface area contributed by atoms with Crippen LogP contribution in [0.2, 0.25) is 19.6 Å². The maximum absolute atomic E-state index is 12.1. The summed E-state index contributed by atoms with van der Waals surface area (Å²) in [7, 11) is 0.897. The van der Waals surface area contributed by atoms with E-state index in [0.29, 0.717) is 6.61 Å². The Labute approximate surface area is 144 Å². The highest BCUT2D eigenvalue weighted by molar-refractivity contribution is 6.69. The molecule has 1 aromatic rings. The van der Waals surface area contributed by atoms with Crippen LogP contribution in [-0.4, -0.2) is 41.1 Å². The van der Waals surface area contributed by atoms with Gasteiger partial charge in [-0.25, -0.2) is 0 Å². The summed E-state index contributed by atoms with van der Waals surface area (Å²) in [5.74, 6) is -2.76. The molecule has 1 rings (SSSR count).